The van der Waals surface area contributed by atoms with Crippen LogP contribution in [0.5, 0.6) is 0 Å². The molecule has 3 N–H and O–H groups in total. The summed E-state index contributed by atoms with van der Waals surface area (Å²) in [5, 5.41) is 10.1. The molecule has 0 bridgehead atoms. The van der Waals surface area contributed by atoms with Crippen molar-refractivity contribution < 1.29 is 9.84 Å². The largest absolute Gasteiger partial charge is 0.390 e. The topological polar surface area (TPSA) is 58.7 Å². The van der Waals surface area contributed by atoms with Crippen LogP contribution in [0.4, 0.5) is 0 Å². The molecule has 1 aromatic carbocycles. The van der Waals surface area contributed by atoms with Gasteiger partial charge in [-0.3, -0.25) is 4.90 Å². The highest BCUT2D eigenvalue weighted by atomic mass is 35.5. The first-order valence-electron chi connectivity index (χ1n) is 6.53. The van der Waals surface area contributed by atoms with Gasteiger partial charge in [0.15, 0.2) is 0 Å². The molecule has 0 spiro atoms. The quantitative estimate of drug-likeness (QED) is 0.832. The van der Waals surface area contributed by atoms with Crippen molar-refractivity contribution in [2.45, 2.75) is 18.6 Å². The second-order valence-electron chi connectivity index (χ2n) is 4.83. The average molecular weight is 357 g/mol. The molecule has 21 heavy (non-hydrogen) atoms. The predicted octanol–water partition coefficient (Wildman–Crippen LogP) is 1.21. The van der Waals surface area contributed by atoms with Crippen LogP contribution in [0.25, 0.3) is 0 Å². The van der Waals surface area contributed by atoms with Crippen molar-refractivity contribution in [2.75, 3.05) is 32.8 Å². The molecule has 1 fully saturated rings. The Kier molecular flexibility index (Phi) is 13.9. The molecule has 2 atom stereocenters. The highest BCUT2D eigenvalue weighted by molar-refractivity contribution is 7.59. The lowest BCUT2D eigenvalue weighted by Crippen LogP contribution is -2.47. The molecule has 4 nitrogen and oxygen atoms in total. The lowest BCUT2D eigenvalue weighted by atomic mass is 10.0. The number of benzene rings is 1. The zero-order chi connectivity index (χ0) is 12.8. The fraction of sp³-hybridized carbons (Fsp3) is 0.571. The van der Waals surface area contributed by atoms with E-state index < -0.39 is 6.10 Å². The van der Waals surface area contributed by atoms with Crippen LogP contribution < -0.4 is 5.73 Å². The van der Waals surface area contributed by atoms with Crippen LogP contribution in [0.1, 0.15) is 5.56 Å². The monoisotopic (exact) mass is 356 g/mol. The molecule has 0 amide bonds. The Labute approximate surface area is 146 Å². The fourth-order valence-corrected chi connectivity index (χ4v) is 2.21. The van der Waals surface area contributed by atoms with Crippen molar-refractivity contribution in [2.24, 2.45) is 5.73 Å². The summed E-state index contributed by atoms with van der Waals surface area (Å²) in [6.07, 6.45) is 0.232. The Morgan fingerprint density at radius 3 is 2.29 bits per heavy atom. The van der Waals surface area contributed by atoms with Gasteiger partial charge in [0, 0.05) is 25.7 Å². The molecule has 1 aliphatic heterocycles. The molecule has 124 valence electrons. The van der Waals surface area contributed by atoms with Crippen LogP contribution in [-0.2, 0) is 11.2 Å². The zero-order valence-corrected chi connectivity index (χ0v) is 14.6. The smallest absolute Gasteiger partial charge is 0.0820 e. The molecular weight excluding hydrogens is 331 g/mol. The van der Waals surface area contributed by atoms with Gasteiger partial charge in [-0.15, -0.1) is 24.8 Å². The zero-order valence-electron chi connectivity index (χ0n) is 12.0. The lowest BCUT2D eigenvalue weighted by molar-refractivity contribution is 0.00961. The molecule has 0 aromatic heterocycles. The Morgan fingerprint density at radius 2 is 1.71 bits per heavy atom. The fourth-order valence-electron chi connectivity index (χ4n) is 2.21. The lowest BCUT2D eigenvalue weighted by Gasteiger charge is -2.30. The summed E-state index contributed by atoms with van der Waals surface area (Å²) >= 11 is 0. The molecular formula is C14H26Cl2N2O2S. The van der Waals surface area contributed by atoms with Gasteiger partial charge in [-0.25, -0.2) is 0 Å². The molecule has 1 heterocycles. The number of aliphatic hydroxyl groups is 1. The third kappa shape index (κ3) is 8.26. The molecule has 0 aliphatic carbocycles. The number of halogens is 2. The number of morpholine rings is 1. The molecule has 1 aliphatic rings. The van der Waals surface area contributed by atoms with Crippen LogP contribution in [0.3, 0.4) is 0 Å². The van der Waals surface area contributed by atoms with Gasteiger partial charge >= 0.3 is 0 Å². The van der Waals surface area contributed by atoms with Crippen LogP contribution in [0.15, 0.2) is 30.3 Å². The van der Waals surface area contributed by atoms with E-state index in [-0.39, 0.29) is 44.4 Å². The molecule has 0 radical (unpaired) electrons. The summed E-state index contributed by atoms with van der Waals surface area (Å²) in [5.41, 5.74) is 7.23. The van der Waals surface area contributed by atoms with Gasteiger partial charge in [0.25, 0.3) is 0 Å². The minimum atomic E-state index is -0.483. The van der Waals surface area contributed by atoms with E-state index in [9.17, 15) is 5.11 Å². The number of β-amino-alcohol motifs (C(OH)–C–C–N with tert-alkyl or cyclic N) is 1. The SMILES string of the molecule is Cl.Cl.N[C@H](Cc1ccccc1)[C@@H](O)CN1CCOCC1.S. The first-order chi connectivity index (χ1) is 8.75. The van der Waals surface area contributed by atoms with Crippen molar-refractivity contribution in [3.8, 4) is 0 Å². The van der Waals surface area contributed by atoms with Crippen molar-refractivity contribution >= 4 is 38.3 Å². The number of hydrogen-bond acceptors (Lipinski definition) is 4. The molecule has 7 heteroatoms. The van der Waals surface area contributed by atoms with Crippen molar-refractivity contribution in [1.82, 2.24) is 4.90 Å². The van der Waals surface area contributed by atoms with Gasteiger partial charge < -0.3 is 15.6 Å². The standard InChI is InChI=1S/C14H22N2O2.2ClH.H2S/c15-13(10-12-4-2-1-3-5-12)14(17)11-16-6-8-18-9-7-16;;;/h1-5,13-14,17H,6-11,15H2;2*1H;1H2/t13-,14+;;;/m1.../s1. The van der Waals surface area contributed by atoms with Crippen LogP contribution >= 0.6 is 38.3 Å². The minimum absolute atomic E-state index is 0. The van der Waals surface area contributed by atoms with Crippen LogP contribution in [0.2, 0.25) is 0 Å². The van der Waals surface area contributed by atoms with Gasteiger partial charge in [-0.05, 0) is 12.0 Å². The maximum absolute atomic E-state index is 10.1. The summed E-state index contributed by atoms with van der Waals surface area (Å²) in [4.78, 5) is 2.21. The highest BCUT2D eigenvalue weighted by Gasteiger charge is 2.20. The number of ether oxygens (including phenoxy) is 1. The molecule has 0 saturated carbocycles. The van der Waals surface area contributed by atoms with E-state index >= 15 is 0 Å². The average Bonchev–Trinajstić information content (AvgIpc) is 2.41. The molecule has 1 aromatic rings. The van der Waals surface area contributed by atoms with E-state index in [0.29, 0.717) is 13.0 Å². The summed E-state index contributed by atoms with van der Waals surface area (Å²) < 4.78 is 5.28. The van der Waals surface area contributed by atoms with Gasteiger partial charge in [0.05, 0.1) is 19.3 Å². The van der Waals surface area contributed by atoms with E-state index in [1.807, 2.05) is 30.3 Å². The summed E-state index contributed by atoms with van der Waals surface area (Å²) in [6, 6.07) is 9.85. The van der Waals surface area contributed by atoms with Crippen LogP contribution in [-0.4, -0.2) is 55.0 Å². The second-order valence-corrected chi connectivity index (χ2v) is 4.83. The van der Waals surface area contributed by atoms with E-state index in [0.717, 1.165) is 26.3 Å². The number of hydrogen-bond donors (Lipinski definition) is 2. The first kappa shape index (κ1) is 23.3. The van der Waals surface area contributed by atoms with Gasteiger partial charge in [-0.2, -0.15) is 13.5 Å². The Balaban J connectivity index is 0. The Hall–Kier alpha value is -0.0100. The van der Waals surface area contributed by atoms with E-state index in [2.05, 4.69) is 4.90 Å². The molecule has 1 saturated heterocycles. The minimum Gasteiger partial charge on any atom is -0.390 e. The first-order valence-corrected chi connectivity index (χ1v) is 6.53. The normalized spacial score (nSPS) is 17.6. The van der Waals surface area contributed by atoms with Gasteiger partial charge in [-0.1, -0.05) is 30.3 Å². The third-order valence-corrected chi connectivity index (χ3v) is 3.36. The molecule has 2 rings (SSSR count). The number of rotatable bonds is 5. The third-order valence-electron chi connectivity index (χ3n) is 3.36. The summed E-state index contributed by atoms with van der Waals surface area (Å²) in [7, 11) is 0. The van der Waals surface area contributed by atoms with Crippen LogP contribution in [0, 0.1) is 0 Å². The second kappa shape index (κ2) is 12.5. The molecule has 0 unspecified atom stereocenters. The van der Waals surface area contributed by atoms with Crippen molar-refractivity contribution in [3.05, 3.63) is 35.9 Å². The van der Waals surface area contributed by atoms with Gasteiger partial charge in [0.1, 0.15) is 0 Å². The van der Waals surface area contributed by atoms with E-state index in [1.54, 1.807) is 0 Å². The summed E-state index contributed by atoms with van der Waals surface area (Å²) in [5.74, 6) is 0. The van der Waals surface area contributed by atoms with Crippen molar-refractivity contribution in [1.29, 1.82) is 0 Å². The van der Waals surface area contributed by atoms with E-state index in [1.165, 1.54) is 5.56 Å². The number of nitrogens with two attached hydrogens (primary N) is 1. The maximum Gasteiger partial charge on any atom is 0.0820 e. The number of nitrogens with zero attached hydrogens (tertiary/aromatic N) is 1. The Bertz CT molecular complexity index is 354. The predicted molar refractivity (Wildman–Crippen MR) is 96.3 cm³/mol. The van der Waals surface area contributed by atoms with Crippen molar-refractivity contribution in [3.63, 3.8) is 0 Å². The Morgan fingerprint density at radius 1 is 1.14 bits per heavy atom. The van der Waals surface area contributed by atoms with E-state index in [4.69, 9.17) is 10.5 Å². The summed E-state index contributed by atoms with van der Waals surface area (Å²) in [6.45, 7) is 3.91. The number of aliphatic hydroxyl groups excluding tert-OH is 1. The highest BCUT2D eigenvalue weighted by Crippen LogP contribution is 2.07. The maximum atomic E-state index is 10.1. The van der Waals surface area contributed by atoms with Gasteiger partial charge in [0.2, 0.25) is 0 Å².